The summed E-state index contributed by atoms with van der Waals surface area (Å²) in [7, 11) is 0. The van der Waals surface area contributed by atoms with Gasteiger partial charge in [-0.15, -0.1) is 0 Å². The van der Waals surface area contributed by atoms with Crippen LogP contribution < -0.4 is 4.74 Å². The zero-order chi connectivity index (χ0) is 11.0. The number of carboxylic acid groups (broad SMARTS) is 1. The average molecular weight is 207 g/mol. The highest BCUT2D eigenvalue weighted by Gasteiger charge is 2.39. The maximum Gasteiger partial charge on any atom is 0.307 e. The summed E-state index contributed by atoms with van der Waals surface area (Å²) in [6, 6.07) is 3.62. The third-order valence-electron chi connectivity index (χ3n) is 2.86. The summed E-state index contributed by atoms with van der Waals surface area (Å²) in [4.78, 5) is 15.2. The van der Waals surface area contributed by atoms with Gasteiger partial charge in [-0.25, -0.2) is 0 Å². The first-order valence-corrected chi connectivity index (χ1v) is 4.95. The molecule has 1 aliphatic rings. The van der Waals surface area contributed by atoms with Crippen molar-refractivity contribution in [3.05, 3.63) is 24.0 Å². The zero-order valence-corrected chi connectivity index (χ0v) is 8.68. The Balaban J connectivity index is 2.37. The quantitative estimate of drug-likeness (QED) is 0.801. The molecule has 4 nitrogen and oxygen atoms in total. The Morgan fingerprint density at radius 3 is 3.07 bits per heavy atom. The molecule has 0 spiro atoms. The molecule has 1 aliphatic heterocycles. The fourth-order valence-corrected chi connectivity index (χ4v) is 2.05. The number of ether oxygens (including phenoxy) is 1. The molecule has 0 radical (unpaired) electrons. The largest absolute Gasteiger partial charge is 0.488 e. The summed E-state index contributed by atoms with van der Waals surface area (Å²) < 4.78 is 5.56. The predicted octanol–water partition coefficient (Wildman–Crippen LogP) is 1.67. The van der Waals surface area contributed by atoms with Crippen LogP contribution in [0.5, 0.6) is 5.75 Å². The number of hydrogen-bond donors (Lipinski definition) is 1. The molecular formula is C11H13NO3. The van der Waals surface area contributed by atoms with Crippen molar-refractivity contribution in [2.75, 3.05) is 0 Å². The minimum absolute atomic E-state index is 0.124. The molecule has 0 saturated heterocycles. The van der Waals surface area contributed by atoms with Crippen LogP contribution in [0.4, 0.5) is 0 Å². The van der Waals surface area contributed by atoms with Gasteiger partial charge in [-0.2, -0.15) is 0 Å². The Bertz CT molecular complexity index is 391. The molecule has 2 heterocycles. The van der Waals surface area contributed by atoms with Crippen LogP contribution in [-0.2, 0) is 4.79 Å². The average Bonchev–Trinajstić information content (AvgIpc) is 2.52. The summed E-state index contributed by atoms with van der Waals surface area (Å²) >= 11 is 0. The monoisotopic (exact) mass is 207 g/mol. The maximum absolute atomic E-state index is 11.0. The lowest BCUT2D eigenvalue weighted by Gasteiger charge is -2.17. The molecule has 0 bridgehead atoms. The summed E-state index contributed by atoms with van der Waals surface area (Å²) in [5, 5.41) is 9.00. The number of carboxylic acids is 1. The van der Waals surface area contributed by atoms with E-state index in [0.717, 1.165) is 5.69 Å². The smallest absolute Gasteiger partial charge is 0.307 e. The van der Waals surface area contributed by atoms with Gasteiger partial charge in [-0.05, 0) is 19.1 Å². The third-order valence-corrected chi connectivity index (χ3v) is 2.86. The Hall–Kier alpha value is -1.58. The molecule has 1 aromatic rings. The second-order valence-corrected chi connectivity index (χ2v) is 3.86. The van der Waals surface area contributed by atoms with Crippen molar-refractivity contribution in [1.29, 1.82) is 0 Å². The molecule has 0 fully saturated rings. The van der Waals surface area contributed by atoms with Gasteiger partial charge in [0.25, 0.3) is 0 Å². The van der Waals surface area contributed by atoms with Gasteiger partial charge >= 0.3 is 5.97 Å². The van der Waals surface area contributed by atoms with E-state index in [1.165, 1.54) is 0 Å². The number of pyridine rings is 1. The molecular weight excluding hydrogens is 194 g/mol. The molecule has 1 aromatic heterocycles. The van der Waals surface area contributed by atoms with Crippen molar-refractivity contribution in [1.82, 2.24) is 4.98 Å². The summed E-state index contributed by atoms with van der Waals surface area (Å²) in [6.45, 7) is 3.57. The Kier molecular flexibility index (Phi) is 2.34. The summed E-state index contributed by atoms with van der Waals surface area (Å²) in [6.07, 6.45) is 1.54. The number of fused-ring (bicyclic) bond motifs is 1. The lowest BCUT2D eigenvalue weighted by Crippen LogP contribution is -2.26. The van der Waals surface area contributed by atoms with Crippen molar-refractivity contribution in [2.24, 2.45) is 5.92 Å². The van der Waals surface area contributed by atoms with E-state index in [0.29, 0.717) is 5.75 Å². The SMILES string of the molecule is C[C@H](C(=O)O)[C@H]1c2ncccc2O[C@@H]1C. The molecule has 4 heteroatoms. The number of hydrogen-bond acceptors (Lipinski definition) is 3. The summed E-state index contributed by atoms with van der Waals surface area (Å²) in [5.74, 6) is -0.730. The summed E-state index contributed by atoms with van der Waals surface area (Å²) in [5.41, 5.74) is 0.764. The van der Waals surface area contributed by atoms with Crippen molar-refractivity contribution < 1.29 is 14.6 Å². The van der Waals surface area contributed by atoms with Gasteiger partial charge in [0, 0.05) is 6.20 Å². The molecule has 2 rings (SSSR count). The number of rotatable bonds is 2. The van der Waals surface area contributed by atoms with E-state index in [1.807, 2.05) is 13.0 Å². The fraction of sp³-hybridized carbons (Fsp3) is 0.455. The minimum Gasteiger partial charge on any atom is -0.488 e. The van der Waals surface area contributed by atoms with Crippen LogP contribution in [0.3, 0.4) is 0 Å². The van der Waals surface area contributed by atoms with E-state index in [-0.39, 0.29) is 12.0 Å². The van der Waals surface area contributed by atoms with E-state index in [2.05, 4.69) is 4.98 Å². The third kappa shape index (κ3) is 1.56. The predicted molar refractivity (Wildman–Crippen MR) is 53.9 cm³/mol. The number of aromatic nitrogens is 1. The van der Waals surface area contributed by atoms with E-state index in [9.17, 15) is 4.79 Å². The fourth-order valence-electron chi connectivity index (χ4n) is 2.05. The van der Waals surface area contributed by atoms with E-state index in [1.54, 1.807) is 19.2 Å². The van der Waals surface area contributed by atoms with Crippen LogP contribution in [0.25, 0.3) is 0 Å². The molecule has 0 aliphatic carbocycles. The first kappa shape index (κ1) is 9.96. The molecule has 0 saturated carbocycles. The molecule has 3 atom stereocenters. The van der Waals surface area contributed by atoms with Crippen molar-refractivity contribution in [2.45, 2.75) is 25.9 Å². The van der Waals surface area contributed by atoms with Gasteiger partial charge in [0.15, 0.2) is 0 Å². The molecule has 80 valence electrons. The van der Waals surface area contributed by atoms with Gasteiger partial charge in [0.1, 0.15) is 11.9 Å². The van der Waals surface area contributed by atoms with Crippen LogP contribution >= 0.6 is 0 Å². The van der Waals surface area contributed by atoms with Crippen LogP contribution in [0.1, 0.15) is 25.5 Å². The Morgan fingerprint density at radius 1 is 1.67 bits per heavy atom. The first-order valence-electron chi connectivity index (χ1n) is 4.95. The molecule has 15 heavy (non-hydrogen) atoms. The Labute approximate surface area is 87.9 Å². The van der Waals surface area contributed by atoms with Gasteiger partial charge in [0.05, 0.1) is 17.5 Å². The van der Waals surface area contributed by atoms with Crippen LogP contribution in [0, 0.1) is 5.92 Å². The lowest BCUT2D eigenvalue weighted by molar-refractivity contribution is -0.142. The molecule has 0 amide bonds. The van der Waals surface area contributed by atoms with Crippen molar-refractivity contribution in [3.8, 4) is 5.75 Å². The highest BCUT2D eigenvalue weighted by atomic mass is 16.5. The minimum atomic E-state index is -0.811. The van der Waals surface area contributed by atoms with Crippen LogP contribution in [0.15, 0.2) is 18.3 Å². The van der Waals surface area contributed by atoms with Crippen molar-refractivity contribution in [3.63, 3.8) is 0 Å². The molecule has 0 unspecified atom stereocenters. The van der Waals surface area contributed by atoms with E-state index >= 15 is 0 Å². The second kappa shape index (κ2) is 3.53. The number of aliphatic carboxylic acids is 1. The lowest BCUT2D eigenvalue weighted by atomic mass is 9.88. The first-order chi connectivity index (χ1) is 7.11. The van der Waals surface area contributed by atoms with Gasteiger partial charge in [-0.3, -0.25) is 9.78 Å². The van der Waals surface area contributed by atoms with Gasteiger partial charge < -0.3 is 9.84 Å². The van der Waals surface area contributed by atoms with Crippen LogP contribution in [0.2, 0.25) is 0 Å². The topological polar surface area (TPSA) is 59.4 Å². The number of nitrogens with zero attached hydrogens (tertiary/aromatic N) is 1. The zero-order valence-electron chi connectivity index (χ0n) is 8.68. The standard InChI is InChI=1S/C11H13NO3/c1-6(11(13)14)9-7(2)15-8-4-3-5-12-10(8)9/h3-7,9H,1-2H3,(H,13,14)/t6-,7+,9+/m0/s1. The highest BCUT2D eigenvalue weighted by molar-refractivity contribution is 5.71. The number of carbonyl (C=O) groups is 1. The second-order valence-electron chi connectivity index (χ2n) is 3.86. The highest BCUT2D eigenvalue weighted by Crippen LogP contribution is 2.40. The molecule has 0 aromatic carbocycles. The van der Waals surface area contributed by atoms with E-state index < -0.39 is 11.9 Å². The Morgan fingerprint density at radius 2 is 2.40 bits per heavy atom. The van der Waals surface area contributed by atoms with Gasteiger partial charge in [-0.1, -0.05) is 6.92 Å². The van der Waals surface area contributed by atoms with Gasteiger partial charge in [0.2, 0.25) is 0 Å². The maximum atomic E-state index is 11.0. The molecule has 1 N–H and O–H groups in total. The normalized spacial score (nSPS) is 25.5. The van der Waals surface area contributed by atoms with E-state index in [4.69, 9.17) is 9.84 Å². The van der Waals surface area contributed by atoms with Crippen LogP contribution in [-0.4, -0.2) is 22.2 Å². The van der Waals surface area contributed by atoms with Crippen molar-refractivity contribution >= 4 is 5.97 Å².